The van der Waals surface area contributed by atoms with Crippen LogP contribution in [0.5, 0.6) is 0 Å². The molecule has 0 aromatic carbocycles. The van der Waals surface area contributed by atoms with Gasteiger partial charge in [-0.15, -0.1) is 0 Å². The lowest BCUT2D eigenvalue weighted by Crippen LogP contribution is -2.45. The predicted octanol–water partition coefficient (Wildman–Crippen LogP) is 0.361. The first-order chi connectivity index (χ1) is 9.36. The minimum absolute atomic E-state index is 0.225. The van der Waals surface area contributed by atoms with Crippen molar-refractivity contribution in [1.82, 2.24) is 4.31 Å². The van der Waals surface area contributed by atoms with Gasteiger partial charge < -0.3 is 9.84 Å². The van der Waals surface area contributed by atoms with E-state index in [0.717, 1.165) is 6.42 Å². The number of ether oxygens (including phenoxy) is 1. The largest absolute Gasteiger partial charge is 0.469 e. The Hall–Kier alpha value is -0.660. The van der Waals surface area contributed by atoms with Crippen molar-refractivity contribution in [3.8, 4) is 0 Å². The first-order valence-corrected chi connectivity index (χ1v) is 8.57. The van der Waals surface area contributed by atoms with Gasteiger partial charge in [0.25, 0.3) is 0 Å². The summed E-state index contributed by atoms with van der Waals surface area (Å²) in [6.07, 6.45) is 2.85. The topological polar surface area (TPSA) is 83.9 Å². The third kappa shape index (κ3) is 2.99. The molecule has 2 rings (SSSR count). The summed E-state index contributed by atoms with van der Waals surface area (Å²) in [5.74, 6) is -0.745. The minimum atomic E-state index is -3.48. The normalized spacial score (nSPS) is 34.0. The highest BCUT2D eigenvalue weighted by Crippen LogP contribution is 2.35. The molecular formula is C13H23NO5S. The third-order valence-corrected chi connectivity index (χ3v) is 6.85. The van der Waals surface area contributed by atoms with Crippen molar-refractivity contribution >= 4 is 16.0 Å². The summed E-state index contributed by atoms with van der Waals surface area (Å²) >= 11 is 0. The molecule has 2 aliphatic rings. The molecule has 2 atom stereocenters. The number of aliphatic hydroxyl groups is 1. The maximum Gasteiger partial charge on any atom is 0.310 e. The Bertz CT molecular complexity index is 457. The smallest absolute Gasteiger partial charge is 0.310 e. The average molecular weight is 305 g/mol. The van der Waals surface area contributed by atoms with E-state index in [-0.39, 0.29) is 12.0 Å². The van der Waals surface area contributed by atoms with E-state index in [4.69, 9.17) is 4.74 Å². The van der Waals surface area contributed by atoms with Gasteiger partial charge in [-0.3, -0.25) is 4.79 Å². The molecular weight excluding hydrogens is 282 g/mol. The monoisotopic (exact) mass is 305 g/mol. The van der Waals surface area contributed by atoms with E-state index in [2.05, 4.69) is 0 Å². The molecule has 6 nitrogen and oxygen atoms in total. The van der Waals surface area contributed by atoms with Gasteiger partial charge >= 0.3 is 5.97 Å². The number of carbonyl (C=O) groups excluding carboxylic acids is 1. The first kappa shape index (κ1) is 15.7. The van der Waals surface area contributed by atoms with Crippen molar-refractivity contribution in [2.75, 3.05) is 20.7 Å². The number of nitrogens with zero attached hydrogens (tertiary/aromatic N) is 1. The summed E-state index contributed by atoms with van der Waals surface area (Å²) < 4.78 is 31.2. The molecule has 2 saturated carbocycles. The van der Waals surface area contributed by atoms with E-state index in [9.17, 15) is 18.3 Å². The highest BCUT2D eigenvalue weighted by molar-refractivity contribution is 7.89. The van der Waals surface area contributed by atoms with E-state index < -0.39 is 27.2 Å². The number of hydrogen-bond acceptors (Lipinski definition) is 5. The van der Waals surface area contributed by atoms with Crippen molar-refractivity contribution in [3.05, 3.63) is 0 Å². The molecule has 20 heavy (non-hydrogen) atoms. The fraction of sp³-hybridized carbons (Fsp3) is 0.923. The van der Waals surface area contributed by atoms with Gasteiger partial charge in [-0.05, 0) is 31.6 Å². The Morgan fingerprint density at radius 3 is 2.55 bits per heavy atom. The standard InChI is InChI=1S/C13H23NO5S/c1-14(8-9-6-10(15)7-9)20(17,18)12-5-3-4-11(12)13(16)19-2/h9-12,15H,3-8H2,1-2H3. The molecule has 7 heteroatoms. The molecule has 1 N–H and O–H groups in total. The first-order valence-electron chi connectivity index (χ1n) is 7.07. The number of rotatable bonds is 5. The lowest BCUT2D eigenvalue weighted by atomic mass is 9.82. The molecule has 0 amide bonds. The quantitative estimate of drug-likeness (QED) is 0.742. The fourth-order valence-corrected chi connectivity index (χ4v) is 5.26. The van der Waals surface area contributed by atoms with E-state index in [1.54, 1.807) is 7.05 Å². The van der Waals surface area contributed by atoms with E-state index in [1.807, 2.05) is 0 Å². The van der Waals surface area contributed by atoms with Crippen LogP contribution in [0.4, 0.5) is 0 Å². The Labute approximate surface area is 120 Å². The number of hydrogen-bond donors (Lipinski definition) is 1. The lowest BCUT2D eigenvalue weighted by Gasteiger charge is -2.35. The van der Waals surface area contributed by atoms with Crippen molar-refractivity contribution < 1.29 is 23.1 Å². The van der Waals surface area contributed by atoms with Gasteiger partial charge in [0.2, 0.25) is 10.0 Å². The van der Waals surface area contributed by atoms with Gasteiger partial charge in [0.1, 0.15) is 0 Å². The predicted molar refractivity (Wildman–Crippen MR) is 73.4 cm³/mol. The van der Waals surface area contributed by atoms with Crippen LogP contribution in [0.25, 0.3) is 0 Å². The Kier molecular flexibility index (Phi) is 4.71. The van der Waals surface area contributed by atoms with Gasteiger partial charge in [0, 0.05) is 13.6 Å². The zero-order valence-electron chi connectivity index (χ0n) is 12.0. The zero-order valence-corrected chi connectivity index (χ0v) is 12.8. The second-order valence-corrected chi connectivity index (χ2v) is 8.17. The van der Waals surface area contributed by atoms with Crippen LogP contribution in [-0.4, -0.2) is 55.9 Å². The van der Waals surface area contributed by atoms with Crippen LogP contribution in [0.15, 0.2) is 0 Å². The van der Waals surface area contributed by atoms with Gasteiger partial charge in [0.15, 0.2) is 0 Å². The maximum atomic E-state index is 12.6. The third-order valence-electron chi connectivity index (χ3n) is 4.50. The average Bonchev–Trinajstić information content (AvgIpc) is 2.85. The molecule has 0 aliphatic heterocycles. The molecule has 116 valence electrons. The summed E-state index contributed by atoms with van der Waals surface area (Å²) in [7, 11) is -0.623. The van der Waals surface area contributed by atoms with Gasteiger partial charge in [0.05, 0.1) is 24.4 Å². The molecule has 0 spiro atoms. The van der Waals surface area contributed by atoms with E-state index in [0.29, 0.717) is 32.2 Å². The van der Waals surface area contributed by atoms with Crippen LogP contribution < -0.4 is 0 Å². The zero-order chi connectivity index (χ0) is 14.9. The number of carbonyl (C=O) groups is 1. The Balaban J connectivity index is 2.02. The number of esters is 1. The summed E-state index contributed by atoms with van der Waals surface area (Å²) in [5.41, 5.74) is 0. The van der Waals surface area contributed by atoms with Crippen LogP contribution in [0.2, 0.25) is 0 Å². The highest BCUT2D eigenvalue weighted by atomic mass is 32.2. The minimum Gasteiger partial charge on any atom is -0.469 e. The van der Waals surface area contributed by atoms with Gasteiger partial charge in [-0.2, -0.15) is 0 Å². The molecule has 0 saturated heterocycles. The van der Waals surface area contributed by atoms with Crippen LogP contribution in [0.3, 0.4) is 0 Å². The van der Waals surface area contributed by atoms with Crippen LogP contribution in [0.1, 0.15) is 32.1 Å². The summed E-state index contributed by atoms with van der Waals surface area (Å²) in [6, 6.07) is 0. The van der Waals surface area contributed by atoms with Crippen molar-refractivity contribution in [1.29, 1.82) is 0 Å². The second kappa shape index (κ2) is 5.99. The van der Waals surface area contributed by atoms with E-state index >= 15 is 0 Å². The number of aliphatic hydroxyl groups excluding tert-OH is 1. The maximum absolute atomic E-state index is 12.6. The lowest BCUT2D eigenvalue weighted by molar-refractivity contribution is -0.145. The summed E-state index contributed by atoms with van der Waals surface area (Å²) in [5, 5.41) is 8.60. The number of sulfonamides is 1. The summed E-state index contributed by atoms with van der Waals surface area (Å²) in [6.45, 7) is 0.420. The highest BCUT2D eigenvalue weighted by Gasteiger charge is 2.44. The fourth-order valence-electron chi connectivity index (χ4n) is 3.25. The SMILES string of the molecule is COC(=O)C1CCCC1S(=O)(=O)N(C)CC1CC(O)C1. The Morgan fingerprint density at radius 2 is 2.00 bits per heavy atom. The molecule has 2 aliphatic carbocycles. The molecule has 0 aromatic rings. The molecule has 0 heterocycles. The van der Waals surface area contributed by atoms with Crippen LogP contribution >= 0.6 is 0 Å². The molecule has 2 unspecified atom stereocenters. The van der Waals surface area contributed by atoms with Crippen LogP contribution in [-0.2, 0) is 19.6 Å². The van der Waals surface area contributed by atoms with Gasteiger partial charge in [-0.1, -0.05) is 6.42 Å². The Morgan fingerprint density at radius 1 is 1.35 bits per heavy atom. The molecule has 0 aromatic heterocycles. The van der Waals surface area contributed by atoms with Gasteiger partial charge in [-0.25, -0.2) is 12.7 Å². The second-order valence-electron chi connectivity index (χ2n) is 5.92. The van der Waals surface area contributed by atoms with Crippen molar-refractivity contribution in [3.63, 3.8) is 0 Å². The summed E-state index contributed by atoms with van der Waals surface area (Å²) in [4.78, 5) is 11.7. The molecule has 0 bridgehead atoms. The number of methoxy groups -OCH3 is 1. The van der Waals surface area contributed by atoms with Crippen LogP contribution in [0, 0.1) is 11.8 Å². The molecule has 2 fully saturated rings. The van der Waals surface area contributed by atoms with E-state index in [1.165, 1.54) is 11.4 Å². The molecule has 0 radical (unpaired) electrons. The van der Waals surface area contributed by atoms with Crippen molar-refractivity contribution in [2.24, 2.45) is 11.8 Å². The van der Waals surface area contributed by atoms with Crippen molar-refractivity contribution in [2.45, 2.75) is 43.5 Å².